The molecule has 2 heterocycles. The maximum absolute atomic E-state index is 13.0. The van der Waals surface area contributed by atoms with Gasteiger partial charge in [-0.3, -0.25) is 9.69 Å². The van der Waals surface area contributed by atoms with Gasteiger partial charge in [0, 0.05) is 44.8 Å². The molecule has 4 rings (SSSR count). The summed E-state index contributed by atoms with van der Waals surface area (Å²) in [5, 5.41) is 8.13. The van der Waals surface area contributed by atoms with Crippen LogP contribution in [0.4, 0.5) is 0 Å². The highest BCUT2D eigenvalue weighted by Gasteiger charge is 2.28. The van der Waals surface area contributed by atoms with E-state index in [1.54, 1.807) is 4.68 Å². The molecule has 0 aliphatic carbocycles. The third-order valence-electron chi connectivity index (χ3n) is 5.08. The fourth-order valence-corrected chi connectivity index (χ4v) is 3.66. The van der Waals surface area contributed by atoms with Crippen LogP contribution in [0.1, 0.15) is 22.8 Å². The molecule has 0 saturated carbocycles. The van der Waals surface area contributed by atoms with Crippen LogP contribution in [-0.2, 0) is 13.6 Å². The number of amides is 1. The van der Waals surface area contributed by atoms with Crippen molar-refractivity contribution in [1.29, 1.82) is 0 Å². The number of benzene rings is 2. The van der Waals surface area contributed by atoms with Crippen molar-refractivity contribution in [3.63, 3.8) is 0 Å². The monoisotopic (exact) mass is 349 g/mol. The molecular formula is C20H23N5O. The number of aryl methyl sites for hydroxylation is 1. The van der Waals surface area contributed by atoms with Crippen molar-refractivity contribution >= 4 is 16.9 Å². The molecule has 0 N–H and O–H groups in total. The molecule has 1 amide bonds. The fourth-order valence-electron chi connectivity index (χ4n) is 3.66. The number of aromatic nitrogens is 3. The predicted octanol–water partition coefficient (Wildman–Crippen LogP) is 2.31. The molecule has 134 valence electrons. The Bertz CT molecular complexity index is 920. The van der Waals surface area contributed by atoms with Gasteiger partial charge >= 0.3 is 0 Å². The second-order valence-corrected chi connectivity index (χ2v) is 6.98. The zero-order valence-electron chi connectivity index (χ0n) is 15.2. The minimum Gasteiger partial charge on any atom is -0.333 e. The van der Waals surface area contributed by atoms with Crippen LogP contribution in [0.5, 0.6) is 0 Å². The molecule has 0 unspecified atom stereocenters. The summed E-state index contributed by atoms with van der Waals surface area (Å²) in [6, 6.07) is 16.3. The van der Waals surface area contributed by atoms with E-state index in [0.717, 1.165) is 37.2 Å². The summed E-state index contributed by atoms with van der Waals surface area (Å²) >= 11 is 0. The molecule has 1 fully saturated rings. The number of hydrogen-bond acceptors (Lipinski definition) is 4. The van der Waals surface area contributed by atoms with Crippen LogP contribution in [0.15, 0.2) is 48.5 Å². The minimum atomic E-state index is 0.0735. The van der Waals surface area contributed by atoms with Gasteiger partial charge in [-0.15, -0.1) is 5.10 Å². The SMILES string of the molecule is C[C@H]1CN(Cc2ccccc2)CCN1C(=O)c1ccc2c(c1)nnn2C. The third kappa shape index (κ3) is 3.20. The molecule has 1 atom stereocenters. The summed E-state index contributed by atoms with van der Waals surface area (Å²) in [6.07, 6.45) is 0. The van der Waals surface area contributed by atoms with E-state index in [1.165, 1.54) is 5.56 Å². The number of carbonyl (C=O) groups is 1. The third-order valence-corrected chi connectivity index (χ3v) is 5.08. The summed E-state index contributed by atoms with van der Waals surface area (Å²) in [4.78, 5) is 17.4. The molecule has 2 aromatic carbocycles. The maximum Gasteiger partial charge on any atom is 0.254 e. The van der Waals surface area contributed by atoms with Gasteiger partial charge in [0.05, 0.1) is 5.52 Å². The van der Waals surface area contributed by atoms with Crippen molar-refractivity contribution in [2.75, 3.05) is 19.6 Å². The van der Waals surface area contributed by atoms with E-state index in [2.05, 4.69) is 46.4 Å². The molecule has 6 heteroatoms. The standard InChI is InChI=1S/C20H23N5O/c1-15-13-24(14-16-6-4-3-5-7-16)10-11-25(15)20(26)17-8-9-19-18(12-17)21-22-23(19)2/h3-9,12,15H,10-11,13-14H2,1-2H3/t15-/m0/s1. The van der Waals surface area contributed by atoms with Crippen molar-refractivity contribution in [3.05, 3.63) is 59.7 Å². The fraction of sp³-hybridized carbons (Fsp3) is 0.350. The highest BCUT2D eigenvalue weighted by Crippen LogP contribution is 2.19. The van der Waals surface area contributed by atoms with Crippen LogP contribution in [0.25, 0.3) is 11.0 Å². The Kier molecular flexibility index (Phi) is 4.42. The number of piperazine rings is 1. The van der Waals surface area contributed by atoms with Gasteiger partial charge in [0.15, 0.2) is 0 Å². The lowest BCUT2D eigenvalue weighted by Gasteiger charge is -2.40. The van der Waals surface area contributed by atoms with E-state index in [1.807, 2.05) is 36.2 Å². The average Bonchev–Trinajstić information content (AvgIpc) is 3.03. The van der Waals surface area contributed by atoms with Gasteiger partial charge in [-0.2, -0.15) is 0 Å². The van der Waals surface area contributed by atoms with Crippen LogP contribution in [-0.4, -0.2) is 56.4 Å². The van der Waals surface area contributed by atoms with Crippen LogP contribution in [0.3, 0.4) is 0 Å². The first-order valence-corrected chi connectivity index (χ1v) is 8.98. The largest absolute Gasteiger partial charge is 0.333 e. The van der Waals surface area contributed by atoms with Gasteiger partial charge < -0.3 is 4.90 Å². The predicted molar refractivity (Wildman–Crippen MR) is 101 cm³/mol. The molecule has 6 nitrogen and oxygen atoms in total. The summed E-state index contributed by atoms with van der Waals surface area (Å²) < 4.78 is 1.72. The number of fused-ring (bicyclic) bond motifs is 1. The topological polar surface area (TPSA) is 54.3 Å². The lowest BCUT2D eigenvalue weighted by atomic mass is 10.1. The average molecular weight is 349 g/mol. The number of hydrogen-bond donors (Lipinski definition) is 0. The number of rotatable bonds is 3. The van der Waals surface area contributed by atoms with Gasteiger partial charge in [0.25, 0.3) is 5.91 Å². The molecular weight excluding hydrogens is 326 g/mol. The van der Waals surface area contributed by atoms with E-state index in [0.29, 0.717) is 5.56 Å². The Morgan fingerprint density at radius 3 is 2.73 bits per heavy atom. The quantitative estimate of drug-likeness (QED) is 0.728. The molecule has 0 radical (unpaired) electrons. The molecule has 26 heavy (non-hydrogen) atoms. The van der Waals surface area contributed by atoms with Crippen molar-refractivity contribution in [3.8, 4) is 0 Å². The van der Waals surface area contributed by atoms with Crippen LogP contribution in [0, 0.1) is 0 Å². The summed E-state index contributed by atoms with van der Waals surface area (Å²) in [5.74, 6) is 0.0735. The van der Waals surface area contributed by atoms with Gasteiger partial charge in [-0.25, -0.2) is 4.68 Å². The Morgan fingerprint density at radius 1 is 1.15 bits per heavy atom. The van der Waals surface area contributed by atoms with Gasteiger partial charge in [0.2, 0.25) is 0 Å². The molecule has 0 bridgehead atoms. The smallest absolute Gasteiger partial charge is 0.254 e. The van der Waals surface area contributed by atoms with E-state index < -0.39 is 0 Å². The Labute approximate surface area is 153 Å². The first-order valence-electron chi connectivity index (χ1n) is 8.98. The molecule has 1 aliphatic heterocycles. The normalized spacial score (nSPS) is 18.4. The second kappa shape index (κ2) is 6.88. The van der Waals surface area contributed by atoms with Crippen molar-refractivity contribution in [1.82, 2.24) is 24.8 Å². The van der Waals surface area contributed by atoms with Crippen molar-refractivity contribution in [2.45, 2.75) is 19.5 Å². The summed E-state index contributed by atoms with van der Waals surface area (Å²) in [7, 11) is 1.85. The first kappa shape index (κ1) is 16.7. The summed E-state index contributed by atoms with van der Waals surface area (Å²) in [5.41, 5.74) is 3.69. The summed E-state index contributed by atoms with van der Waals surface area (Å²) in [6.45, 7) is 5.56. The lowest BCUT2D eigenvalue weighted by molar-refractivity contribution is 0.0475. The Morgan fingerprint density at radius 2 is 1.96 bits per heavy atom. The van der Waals surface area contributed by atoms with Crippen LogP contribution >= 0.6 is 0 Å². The molecule has 1 aliphatic rings. The second-order valence-electron chi connectivity index (χ2n) is 6.98. The molecule has 1 aromatic heterocycles. The van der Waals surface area contributed by atoms with Gasteiger partial charge in [0.1, 0.15) is 5.52 Å². The number of nitrogens with zero attached hydrogens (tertiary/aromatic N) is 5. The highest BCUT2D eigenvalue weighted by atomic mass is 16.2. The first-order chi connectivity index (χ1) is 12.6. The van der Waals surface area contributed by atoms with Gasteiger partial charge in [-0.1, -0.05) is 35.5 Å². The highest BCUT2D eigenvalue weighted by molar-refractivity contribution is 5.97. The minimum absolute atomic E-state index is 0.0735. The maximum atomic E-state index is 13.0. The van der Waals surface area contributed by atoms with E-state index in [-0.39, 0.29) is 11.9 Å². The lowest BCUT2D eigenvalue weighted by Crippen LogP contribution is -2.53. The van der Waals surface area contributed by atoms with E-state index in [4.69, 9.17) is 0 Å². The van der Waals surface area contributed by atoms with Crippen LogP contribution < -0.4 is 0 Å². The zero-order chi connectivity index (χ0) is 18.1. The molecule has 1 saturated heterocycles. The zero-order valence-corrected chi connectivity index (χ0v) is 15.2. The molecule has 0 spiro atoms. The Hall–Kier alpha value is -2.73. The van der Waals surface area contributed by atoms with Crippen LogP contribution in [0.2, 0.25) is 0 Å². The Balaban J connectivity index is 1.45. The van der Waals surface area contributed by atoms with E-state index in [9.17, 15) is 4.79 Å². The number of carbonyl (C=O) groups excluding carboxylic acids is 1. The molecule has 3 aromatic rings. The van der Waals surface area contributed by atoms with E-state index >= 15 is 0 Å². The van der Waals surface area contributed by atoms with Crippen molar-refractivity contribution < 1.29 is 4.79 Å². The van der Waals surface area contributed by atoms with Crippen molar-refractivity contribution in [2.24, 2.45) is 7.05 Å². The van der Waals surface area contributed by atoms with Gasteiger partial charge in [-0.05, 0) is 30.7 Å².